The molecule has 0 fully saturated rings. The average Bonchev–Trinajstić information content (AvgIpc) is 1.98. The second-order valence-electron chi connectivity index (χ2n) is 2.74. The molecule has 0 radical (unpaired) electrons. The van der Waals surface area contributed by atoms with Gasteiger partial charge in [0, 0.05) is 35.4 Å². The van der Waals surface area contributed by atoms with Gasteiger partial charge in [-0.25, -0.2) is 0 Å². The van der Waals surface area contributed by atoms with Crippen LogP contribution in [0.2, 0.25) is 0 Å². The van der Waals surface area contributed by atoms with Gasteiger partial charge < -0.3 is 5.32 Å². The average molecular weight is 177 g/mol. The molecule has 0 aromatic carbocycles. The van der Waals surface area contributed by atoms with E-state index < -0.39 is 10.8 Å². The van der Waals surface area contributed by atoms with Gasteiger partial charge >= 0.3 is 0 Å². The second kappa shape index (κ2) is 6.80. The highest BCUT2D eigenvalue weighted by molar-refractivity contribution is 7.84. The van der Waals surface area contributed by atoms with E-state index in [2.05, 4.69) is 19.2 Å². The van der Waals surface area contributed by atoms with E-state index in [-0.39, 0.29) is 0 Å². The first-order valence-corrected chi connectivity index (χ1v) is 5.96. The van der Waals surface area contributed by atoms with Gasteiger partial charge in [0.25, 0.3) is 0 Å². The van der Waals surface area contributed by atoms with Crippen LogP contribution >= 0.6 is 0 Å². The Morgan fingerprint density at radius 3 is 2.27 bits per heavy atom. The molecule has 0 amide bonds. The monoisotopic (exact) mass is 177 g/mol. The summed E-state index contributed by atoms with van der Waals surface area (Å²) >= 11 is 0. The summed E-state index contributed by atoms with van der Waals surface area (Å²) in [6.45, 7) is 5.23. The first-order valence-electron chi connectivity index (χ1n) is 4.24. The van der Waals surface area contributed by atoms with Crippen molar-refractivity contribution in [1.82, 2.24) is 5.32 Å². The van der Waals surface area contributed by atoms with Crippen molar-refractivity contribution in [3.8, 4) is 0 Å². The maximum atomic E-state index is 10.7. The number of hydrogen-bond donors (Lipinski definition) is 1. The van der Waals surface area contributed by atoms with E-state index in [9.17, 15) is 4.21 Å². The summed E-state index contributed by atoms with van der Waals surface area (Å²) in [6, 6.07) is 0.610. The first-order chi connectivity index (χ1) is 5.20. The zero-order valence-electron chi connectivity index (χ0n) is 7.72. The molecular formula is C8H19NOS. The lowest BCUT2D eigenvalue weighted by atomic mass is 10.2. The van der Waals surface area contributed by atoms with E-state index in [0.29, 0.717) is 6.04 Å². The van der Waals surface area contributed by atoms with Crippen LogP contribution in [0.3, 0.4) is 0 Å². The largest absolute Gasteiger partial charge is 0.313 e. The Labute approximate surface area is 72.2 Å². The smallest absolute Gasteiger partial charge is 0.0357 e. The standard InChI is InChI=1S/C8H19NOS/c1-4-8(5-2)9-6-7-11(3)10/h8-9H,4-7H2,1-3H3. The molecule has 68 valence electrons. The predicted molar refractivity (Wildman–Crippen MR) is 51.3 cm³/mol. The van der Waals surface area contributed by atoms with Gasteiger partial charge in [0.2, 0.25) is 0 Å². The molecule has 1 unspecified atom stereocenters. The third-order valence-corrected chi connectivity index (χ3v) is 2.59. The van der Waals surface area contributed by atoms with Crippen LogP contribution in [0.4, 0.5) is 0 Å². The topological polar surface area (TPSA) is 29.1 Å². The van der Waals surface area contributed by atoms with Crippen LogP contribution in [0.5, 0.6) is 0 Å². The lowest BCUT2D eigenvalue weighted by Gasteiger charge is -2.13. The summed E-state index contributed by atoms with van der Waals surface area (Å²) < 4.78 is 10.7. The molecule has 3 heteroatoms. The van der Waals surface area contributed by atoms with Crippen molar-refractivity contribution in [2.75, 3.05) is 18.6 Å². The summed E-state index contributed by atoms with van der Waals surface area (Å²) in [7, 11) is -0.648. The Balaban J connectivity index is 3.28. The summed E-state index contributed by atoms with van der Waals surface area (Å²) in [5, 5.41) is 3.36. The molecule has 11 heavy (non-hydrogen) atoms. The molecule has 1 atom stereocenters. The Bertz CT molecular complexity index is 113. The fraction of sp³-hybridized carbons (Fsp3) is 1.00. The molecule has 0 spiro atoms. The molecule has 1 N–H and O–H groups in total. The fourth-order valence-electron chi connectivity index (χ4n) is 0.984. The Kier molecular flexibility index (Phi) is 6.87. The van der Waals surface area contributed by atoms with Gasteiger partial charge in [-0.3, -0.25) is 4.21 Å². The van der Waals surface area contributed by atoms with Gasteiger partial charge in [-0.15, -0.1) is 0 Å². The zero-order chi connectivity index (χ0) is 8.69. The number of nitrogens with one attached hydrogen (secondary N) is 1. The first kappa shape index (κ1) is 11.1. The molecule has 0 aromatic heterocycles. The minimum Gasteiger partial charge on any atom is -0.313 e. The number of hydrogen-bond acceptors (Lipinski definition) is 2. The van der Waals surface area contributed by atoms with Crippen LogP contribution in [0.15, 0.2) is 0 Å². The quantitative estimate of drug-likeness (QED) is 0.659. The van der Waals surface area contributed by atoms with Gasteiger partial charge in [-0.1, -0.05) is 13.8 Å². The van der Waals surface area contributed by atoms with E-state index >= 15 is 0 Å². The van der Waals surface area contributed by atoms with Gasteiger partial charge in [-0.05, 0) is 12.8 Å². The van der Waals surface area contributed by atoms with E-state index in [1.54, 1.807) is 6.26 Å². The molecular weight excluding hydrogens is 158 g/mol. The molecule has 0 aromatic rings. The summed E-state index contributed by atoms with van der Waals surface area (Å²) in [6.07, 6.45) is 4.06. The van der Waals surface area contributed by atoms with Crippen LogP contribution in [0.1, 0.15) is 26.7 Å². The Morgan fingerprint density at radius 1 is 1.36 bits per heavy atom. The molecule has 0 heterocycles. The van der Waals surface area contributed by atoms with E-state index in [1.807, 2.05) is 0 Å². The Morgan fingerprint density at radius 2 is 1.91 bits per heavy atom. The highest BCUT2D eigenvalue weighted by Crippen LogP contribution is 1.94. The van der Waals surface area contributed by atoms with E-state index in [1.165, 1.54) is 0 Å². The second-order valence-corrected chi connectivity index (χ2v) is 4.30. The van der Waals surface area contributed by atoms with Gasteiger partial charge in [-0.2, -0.15) is 0 Å². The van der Waals surface area contributed by atoms with Crippen molar-refractivity contribution in [1.29, 1.82) is 0 Å². The van der Waals surface area contributed by atoms with Crippen molar-refractivity contribution in [2.45, 2.75) is 32.7 Å². The zero-order valence-corrected chi connectivity index (χ0v) is 8.54. The van der Waals surface area contributed by atoms with Crippen LogP contribution in [-0.4, -0.2) is 28.8 Å². The minimum absolute atomic E-state index is 0.610. The predicted octanol–water partition coefficient (Wildman–Crippen LogP) is 1.14. The summed E-state index contributed by atoms with van der Waals surface area (Å²) in [4.78, 5) is 0. The molecule has 0 aliphatic carbocycles. The highest BCUT2D eigenvalue weighted by Gasteiger charge is 2.00. The van der Waals surface area contributed by atoms with Crippen LogP contribution in [0, 0.1) is 0 Å². The van der Waals surface area contributed by atoms with Crippen LogP contribution in [-0.2, 0) is 10.8 Å². The maximum Gasteiger partial charge on any atom is 0.0357 e. The van der Waals surface area contributed by atoms with Crippen molar-refractivity contribution < 1.29 is 4.21 Å². The van der Waals surface area contributed by atoms with E-state index in [0.717, 1.165) is 25.1 Å². The Hall–Kier alpha value is 0.110. The maximum absolute atomic E-state index is 10.7. The summed E-state index contributed by atoms with van der Waals surface area (Å²) in [5.41, 5.74) is 0. The van der Waals surface area contributed by atoms with E-state index in [4.69, 9.17) is 0 Å². The van der Waals surface area contributed by atoms with Crippen molar-refractivity contribution in [3.05, 3.63) is 0 Å². The highest BCUT2D eigenvalue weighted by atomic mass is 32.2. The minimum atomic E-state index is -0.648. The van der Waals surface area contributed by atoms with Crippen molar-refractivity contribution in [2.24, 2.45) is 0 Å². The van der Waals surface area contributed by atoms with Gasteiger partial charge in [0.05, 0.1) is 0 Å². The number of rotatable bonds is 6. The lowest BCUT2D eigenvalue weighted by molar-refractivity contribution is 0.500. The van der Waals surface area contributed by atoms with Gasteiger partial charge in [0.1, 0.15) is 0 Å². The van der Waals surface area contributed by atoms with Crippen LogP contribution in [0.25, 0.3) is 0 Å². The third-order valence-electron chi connectivity index (χ3n) is 1.81. The molecule has 0 saturated carbocycles. The SMILES string of the molecule is CCC(CC)NCCS(C)=O. The van der Waals surface area contributed by atoms with Crippen LogP contribution < -0.4 is 5.32 Å². The molecule has 0 aliphatic rings. The normalized spacial score (nSPS) is 13.8. The van der Waals surface area contributed by atoms with Crippen molar-refractivity contribution in [3.63, 3.8) is 0 Å². The summed E-state index contributed by atoms with van der Waals surface area (Å²) in [5.74, 6) is 0.774. The van der Waals surface area contributed by atoms with Gasteiger partial charge in [0.15, 0.2) is 0 Å². The van der Waals surface area contributed by atoms with Crippen molar-refractivity contribution >= 4 is 10.8 Å². The molecule has 0 aliphatic heterocycles. The molecule has 0 rings (SSSR count). The molecule has 2 nitrogen and oxygen atoms in total. The molecule has 0 bridgehead atoms. The molecule has 0 saturated heterocycles. The fourth-order valence-corrected chi connectivity index (χ4v) is 1.39. The lowest BCUT2D eigenvalue weighted by Crippen LogP contribution is -2.30. The third kappa shape index (κ3) is 6.51.